The Morgan fingerprint density at radius 3 is 2.94 bits per heavy atom. The van der Waals surface area contributed by atoms with Crippen LogP contribution in [0, 0.1) is 11.8 Å². The van der Waals surface area contributed by atoms with Gasteiger partial charge in [-0.25, -0.2) is 0 Å². The molecule has 3 nitrogen and oxygen atoms in total. The van der Waals surface area contributed by atoms with E-state index in [0.717, 1.165) is 0 Å². The maximum absolute atomic E-state index is 11.0. The van der Waals surface area contributed by atoms with Gasteiger partial charge in [-0.15, -0.1) is 0 Å². The smallest absolute Gasteiger partial charge is 0.244 e. The Morgan fingerprint density at radius 1 is 1.44 bits per heavy atom. The predicted octanol–water partition coefficient (Wildman–Crippen LogP) is 2.41. The van der Waals surface area contributed by atoms with E-state index in [2.05, 4.69) is 17.2 Å². The molecule has 0 radical (unpaired) electrons. The van der Waals surface area contributed by atoms with E-state index in [1.54, 1.807) is 25.1 Å². The van der Waals surface area contributed by atoms with E-state index in [1.807, 2.05) is 12.1 Å². The summed E-state index contributed by atoms with van der Waals surface area (Å²) in [5.41, 5.74) is 0. The van der Waals surface area contributed by atoms with Crippen LogP contribution in [0.5, 0.6) is 5.75 Å². The van der Waals surface area contributed by atoms with E-state index in [-0.39, 0.29) is 12.5 Å². The molecule has 0 aromatic heterocycles. The highest BCUT2D eigenvalue weighted by molar-refractivity contribution is 6.32. The lowest BCUT2D eigenvalue weighted by atomic mass is 10.3. The van der Waals surface area contributed by atoms with Gasteiger partial charge in [0.2, 0.25) is 5.91 Å². The number of nitrogens with one attached hydrogen (secondary N) is 1. The van der Waals surface area contributed by atoms with E-state index in [0.29, 0.717) is 17.3 Å². The van der Waals surface area contributed by atoms with Crippen molar-refractivity contribution in [1.82, 2.24) is 5.32 Å². The minimum Gasteiger partial charge on any atom is -0.479 e. The molecule has 0 bridgehead atoms. The summed E-state index contributed by atoms with van der Waals surface area (Å²) in [6.45, 7) is 2.32. The summed E-state index contributed by atoms with van der Waals surface area (Å²) in [5, 5.41) is 3.17. The summed E-state index contributed by atoms with van der Waals surface area (Å²) in [6.07, 6.45) is 3.12. The Labute approximate surface area is 112 Å². The molecule has 4 heteroatoms. The summed E-state index contributed by atoms with van der Waals surface area (Å²) in [5.74, 6) is 6.02. The first-order valence-electron chi connectivity index (χ1n) is 5.47. The van der Waals surface area contributed by atoms with Crippen molar-refractivity contribution in [2.24, 2.45) is 0 Å². The van der Waals surface area contributed by atoms with Crippen LogP contribution in [-0.2, 0) is 4.79 Å². The van der Waals surface area contributed by atoms with Crippen molar-refractivity contribution in [2.45, 2.75) is 6.92 Å². The van der Waals surface area contributed by atoms with Crippen LogP contribution < -0.4 is 10.1 Å². The van der Waals surface area contributed by atoms with Crippen LogP contribution in [-0.4, -0.2) is 19.1 Å². The van der Waals surface area contributed by atoms with Crippen LogP contribution in [0.15, 0.2) is 36.4 Å². The van der Waals surface area contributed by atoms with Crippen molar-refractivity contribution in [3.8, 4) is 17.6 Å². The van der Waals surface area contributed by atoms with Crippen molar-refractivity contribution < 1.29 is 9.53 Å². The molecule has 1 aromatic carbocycles. The van der Waals surface area contributed by atoms with Gasteiger partial charge < -0.3 is 10.1 Å². The van der Waals surface area contributed by atoms with Crippen molar-refractivity contribution in [3.63, 3.8) is 0 Å². The van der Waals surface area contributed by atoms with Gasteiger partial charge in [0.25, 0.3) is 0 Å². The molecular weight excluding hydrogens is 250 g/mol. The van der Waals surface area contributed by atoms with Gasteiger partial charge in [-0.05, 0) is 25.1 Å². The molecule has 0 saturated heterocycles. The molecule has 1 aromatic rings. The highest BCUT2D eigenvalue weighted by atomic mass is 35.5. The van der Waals surface area contributed by atoms with Crippen LogP contribution in [0.3, 0.4) is 0 Å². The second-order valence-electron chi connectivity index (χ2n) is 3.29. The van der Waals surface area contributed by atoms with Crippen molar-refractivity contribution >= 4 is 17.5 Å². The SMILES string of the molecule is C/C=C/C(=O)NCC#CCOc1ccccc1Cl. The van der Waals surface area contributed by atoms with E-state index in [4.69, 9.17) is 16.3 Å². The largest absolute Gasteiger partial charge is 0.479 e. The fraction of sp³-hybridized carbons (Fsp3) is 0.214. The zero-order chi connectivity index (χ0) is 13.2. The molecule has 0 aliphatic heterocycles. The van der Waals surface area contributed by atoms with Gasteiger partial charge in [0, 0.05) is 0 Å². The predicted molar refractivity (Wildman–Crippen MR) is 72.5 cm³/mol. The van der Waals surface area contributed by atoms with E-state index >= 15 is 0 Å². The normalized spacial score (nSPS) is 9.67. The number of rotatable bonds is 4. The van der Waals surface area contributed by atoms with Gasteiger partial charge in [0.1, 0.15) is 12.4 Å². The number of hydrogen-bond acceptors (Lipinski definition) is 2. The molecule has 1 N–H and O–H groups in total. The Bertz CT molecular complexity index is 486. The van der Waals surface area contributed by atoms with Gasteiger partial charge in [0.05, 0.1) is 11.6 Å². The van der Waals surface area contributed by atoms with Gasteiger partial charge in [-0.1, -0.05) is 41.7 Å². The number of para-hydroxylation sites is 1. The molecule has 1 rings (SSSR count). The van der Waals surface area contributed by atoms with E-state index < -0.39 is 0 Å². The number of benzene rings is 1. The van der Waals surface area contributed by atoms with E-state index in [1.165, 1.54) is 6.08 Å². The number of hydrogen-bond donors (Lipinski definition) is 1. The molecule has 0 atom stereocenters. The summed E-state index contributed by atoms with van der Waals surface area (Å²) in [4.78, 5) is 11.0. The van der Waals surface area contributed by atoms with Crippen molar-refractivity contribution in [2.75, 3.05) is 13.2 Å². The average molecular weight is 264 g/mol. The summed E-state index contributed by atoms with van der Waals surface area (Å²) < 4.78 is 5.36. The number of carbonyl (C=O) groups excluding carboxylic acids is 1. The molecular formula is C14H14ClNO2. The molecule has 0 aliphatic carbocycles. The first kappa shape index (κ1) is 14.1. The Hall–Kier alpha value is -1.92. The lowest BCUT2D eigenvalue weighted by molar-refractivity contribution is -0.116. The molecule has 0 fully saturated rings. The second kappa shape index (κ2) is 8.21. The highest BCUT2D eigenvalue weighted by Crippen LogP contribution is 2.22. The van der Waals surface area contributed by atoms with Gasteiger partial charge >= 0.3 is 0 Å². The third kappa shape index (κ3) is 5.42. The molecule has 18 heavy (non-hydrogen) atoms. The molecule has 0 unspecified atom stereocenters. The van der Waals surface area contributed by atoms with Crippen molar-refractivity contribution in [1.29, 1.82) is 0 Å². The Morgan fingerprint density at radius 2 is 2.22 bits per heavy atom. The lowest BCUT2D eigenvalue weighted by Gasteiger charge is -2.02. The van der Waals surface area contributed by atoms with Crippen LogP contribution in [0.2, 0.25) is 5.02 Å². The maximum Gasteiger partial charge on any atom is 0.244 e. The number of ether oxygens (including phenoxy) is 1. The molecule has 0 heterocycles. The summed E-state index contributed by atoms with van der Waals surface area (Å²) in [6, 6.07) is 7.20. The number of carbonyl (C=O) groups is 1. The van der Waals surface area contributed by atoms with Gasteiger partial charge in [-0.2, -0.15) is 0 Å². The van der Waals surface area contributed by atoms with Crippen LogP contribution in [0.4, 0.5) is 0 Å². The second-order valence-corrected chi connectivity index (χ2v) is 3.70. The first-order valence-corrected chi connectivity index (χ1v) is 5.85. The summed E-state index contributed by atoms with van der Waals surface area (Å²) >= 11 is 5.90. The first-order chi connectivity index (χ1) is 8.74. The number of amides is 1. The third-order valence-corrected chi connectivity index (χ3v) is 2.24. The van der Waals surface area contributed by atoms with E-state index in [9.17, 15) is 4.79 Å². The summed E-state index contributed by atoms with van der Waals surface area (Å²) in [7, 11) is 0. The fourth-order valence-electron chi connectivity index (χ4n) is 1.13. The molecule has 1 amide bonds. The van der Waals surface area contributed by atoms with Gasteiger partial charge in [-0.3, -0.25) is 4.79 Å². The molecule has 0 spiro atoms. The zero-order valence-corrected chi connectivity index (χ0v) is 10.8. The van der Waals surface area contributed by atoms with Crippen LogP contribution >= 0.6 is 11.6 Å². The standard InChI is InChI=1S/C14H14ClNO2/c1-2-7-14(17)16-10-5-6-11-18-13-9-4-3-8-12(13)15/h2-4,7-9H,10-11H2,1H3,(H,16,17)/b7-2+. The number of allylic oxidation sites excluding steroid dienone is 1. The van der Waals surface area contributed by atoms with Crippen molar-refractivity contribution in [3.05, 3.63) is 41.4 Å². The minimum absolute atomic E-state index is 0.154. The lowest BCUT2D eigenvalue weighted by Crippen LogP contribution is -2.21. The molecule has 94 valence electrons. The van der Waals surface area contributed by atoms with Crippen LogP contribution in [0.25, 0.3) is 0 Å². The Balaban J connectivity index is 2.27. The highest BCUT2D eigenvalue weighted by Gasteiger charge is 1.96. The maximum atomic E-state index is 11.0. The topological polar surface area (TPSA) is 38.3 Å². The number of halogens is 1. The molecule has 0 saturated carbocycles. The average Bonchev–Trinajstić information content (AvgIpc) is 2.36. The Kier molecular flexibility index (Phi) is 6.45. The fourth-order valence-corrected chi connectivity index (χ4v) is 1.32. The van der Waals surface area contributed by atoms with Gasteiger partial charge in [0.15, 0.2) is 0 Å². The zero-order valence-electron chi connectivity index (χ0n) is 10.1. The molecule has 0 aliphatic rings. The monoisotopic (exact) mass is 263 g/mol. The van der Waals surface area contributed by atoms with Crippen LogP contribution in [0.1, 0.15) is 6.92 Å². The third-order valence-electron chi connectivity index (χ3n) is 1.93. The quantitative estimate of drug-likeness (QED) is 0.669. The minimum atomic E-state index is -0.154.